The Morgan fingerprint density at radius 2 is 1.90 bits per heavy atom. The summed E-state index contributed by atoms with van der Waals surface area (Å²) in [6, 6.07) is 6.19. The molecule has 0 radical (unpaired) electrons. The predicted molar refractivity (Wildman–Crippen MR) is 104 cm³/mol. The molecular formula is C19H15Cl2F3N2O3. The van der Waals surface area contributed by atoms with Crippen molar-refractivity contribution >= 4 is 40.6 Å². The molecule has 5 nitrogen and oxygen atoms in total. The number of aromatic carboxylic acids is 1. The Balaban J connectivity index is 2.10. The van der Waals surface area contributed by atoms with Gasteiger partial charge in [0.25, 0.3) is 5.60 Å². The summed E-state index contributed by atoms with van der Waals surface area (Å²) in [5.74, 6) is -1.23. The second kappa shape index (κ2) is 7.42. The number of oxime groups is 1. The van der Waals surface area contributed by atoms with E-state index in [1.165, 1.54) is 18.2 Å². The van der Waals surface area contributed by atoms with E-state index in [0.717, 1.165) is 12.1 Å². The number of hydrogen-bond acceptors (Lipinski definition) is 4. The van der Waals surface area contributed by atoms with E-state index in [2.05, 4.69) is 5.16 Å². The zero-order valence-electron chi connectivity index (χ0n) is 15.0. The topological polar surface area (TPSA) is 84.9 Å². The van der Waals surface area contributed by atoms with Crippen molar-refractivity contribution in [2.75, 3.05) is 5.73 Å². The number of nitrogens with zero attached hydrogens (tertiary/aromatic N) is 1. The second-order valence-corrected chi connectivity index (χ2v) is 7.37. The summed E-state index contributed by atoms with van der Waals surface area (Å²) >= 11 is 11.8. The lowest BCUT2D eigenvalue weighted by Crippen LogP contribution is -2.42. The van der Waals surface area contributed by atoms with Crippen molar-refractivity contribution in [2.45, 2.75) is 31.5 Å². The van der Waals surface area contributed by atoms with Crippen LogP contribution in [0.4, 0.5) is 18.9 Å². The zero-order valence-corrected chi connectivity index (χ0v) is 16.5. The molecule has 3 rings (SSSR count). The minimum absolute atomic E-state index is 0.00101. The first-order valence-corrected chi connectivity index (χ1v) is 9.19. The second-order valence-electron chi connectivity index (χ2n) is 6.50. The molecule has 0 bridgehead atoms. The van der Waals surface area contributed by atoms with Gasteiger partial charge < -0.3 is 15.7 Å². The van der Waals surface area contributed by atoms with Crippen molar-refractivity contribution in [1.29, 1.82) is 0 Å². The lowest BCUT2D eigenvalue weighted by atomic mass is 9.85. The van der Waals surface area contributed by atoms with E-state index < -0.39 is 24.2 Å². The van der Waals surface area contributed by atoms with Gasteiger partial charge in [0.05, 0.1) is 11.3 Å². The van der Waals surface area contributed by atoms with E-state index in [4.69, 9.17) is 33.8 Å². The van der Waals surface area contributed by atoms with Gasteiger partial charge in [0, 0.05) is 33.3 Å². The van der Waals surface area contributed by atoms with Crippen LogP contribution in [0.15, 0.2) is 35.5 Å². The van der Waals surface area contributed by atoms with Gasteiger partial charge in [-0.05, 0) is 36.2 Å². The van der Waals surface area contributed by atoms with Crippen molar-refractivity contribution in [1.82, 2.24) is 0 Å². The molecular weight excluding hydrogens is 432 g/mol. The third-order valence-electron chi connectivity index (χ3n) is 4.77. The number of anilines is 1. The SMILES string of the molecule is CCc1c(C2=NOC(c3cc(Cl)cc(Cl)c3)(C(F)(F)F)C2)ccc(C(=O)O)c1N. The van der Waals surface area contributed by atoms with E-state index >= 15 is 0 Å². The summed E-state index contributed by atoms with van der Waals surface area (Å²) in [5, 5.41) is 13.0. The Hall–Kier alpha value is -2.45. The van der Waals surface area contributed by atoms with Crippen LogP contribution in [-0.2, 0) is 16.9 Å². The first-order chi connectivity index (χ1) is 13.5. The Kier molecular flexibility index (Phi) is 5.44. The molecule has 154 valence electrons. The standard InChI is InChI=1S/C19H15Cl2F3N2O3/c1-2-12-13(3-4-14(16(12)25)17(27)28)15-8-18(29-26-15,19(22,23)24)9-5-10(20)7-11(21)6-9/h3-7H,2,8,25H2,1H3,(H,27,28). The van der Waals surface area contributed by atoms with Gasteiger partial charge in [-0.15, -0.1) is 0 Å². The Labute approximate surface area is 173 Å². The minimum Gasteiger partial charge on any atom is -0.478 e. The average Bonchev–Trinajstić information content (AvgIpc) is 3.06. The van der Waals surface area contributed by atoms with E-state index in [-0.39, 0.29) is 32.6 Å². The van der Waals surface area contributed by atoms with Crippen LogP contribution in [0.5, 0.6) is 0 Å². The maximum atomic E-state index is 14.1. The molecule has 2 aromatic rings. The summed E-state index contributed by atoms with van der Waals surface area (Å²) in [7, 11) is 0. The average molecular weight is 447 g/mol. The summed E-state index contributed by atoms with van der Waals surface area (Å²) in [6.07, 6.45) is -5.18. The lowest BCUT2D eigenvalue weighted by Gasteiger charge is -2.29. The van der Waals surface area contributed by atoms with Gasteiger partial charge in [-0.3, -0.25) is 0 Å². The van der Waals surface area contributed by atoms with Gasteiger partial charge >= 0.3 is 12.1 Å². The third kappa shape index (κ3) is 3.62. The molecule has 0 fully saturated rings. The maximum Gasteiger partial charge on any atom is 0.435 e. The first kappa shape index (κ1) is 21.3. The number of halogens is 5. The summed E-state index contributed by atoms with van der Waals surface area (Å²) < 4.78 is 42.3. The van der Waals surface area contributed by atoms with Crippen LogP contribution in [-0.4, -0.2) is 23.0 Å². The van der Waals surface area contributed by atoms with Crippen LogP contribution in [0.1, 0.15) is 40.4 Å². The highest BCUT2D eigenvalue weighted by Crippen LogP contribution is 2.50. The van der Waals surface area contributed by atoms with Crippen LogP contribution in [0, 0.1) is 0 Å². The molecule has 3 N–H and O–H groups in total. The molecule has 1 aliphatic rings. The van der Waals surface area contributed by atoms with Crippen molar-refractivity contribution in [3.8, 4) is 0 Å². The Bertz CT molecular complexity index is 1000. The minimum atomic E-state index is -4.83. The molecule has 10 heteroatoms. The number of alkyl halides is 3. The van der Waals surface area contributed by atoms with Crippen LogP contribution in [0.25, 0.3) is 0 Å². The van der Waals surface area contributed by atoms with Crippen LogP contribution < -0.4 is 5.73 Å². The monoisotopic (exact) mass is 446 g/mol. The fourth-order valence-corrected chi connectivity index (χ4v) is 3.86. The van der Waals surface area contributed by atoms with Gasteiger partial charge in [0.15, 0.2) is 0 Å². The van der Waals surface area contributed by atoms with E-state index in [0.29, 0.717) is 17.5 Å². The Morgan fingerprint density at radius 1 is 1.28 bits per heavy atom. The van der Waals surface area contributed by atoms with E-state index in [1.54, 1.807) is 6.92 Å². The molecule has 1 heterocycles. The molecule has 1 unspecified atom stereocenters. The van der Waals surface area contributed by atoms with Gasteiger partial charge in [0.2, 0.25) is 0 Å². The zero-order chi connectivity index (χ0) is 21.6. The number of carboxylic acids is 1. The number of carboxylic acid groups (broad SMARTS) is 1. The highest BCUT2D eigenvalue weighted by Gasteiger charge is 2.62. The summed E-state index contributed by atoms with van der Waals surface area (Å²) in [4.78, 5) is 16.3. The highest BCUT2D eigenvalue weighted by molar-refractivity contribution is 6.34. The normalized spacial score (nSPS) is 19.0. The number of benzene rings is 2. The molecule has 1 atom stereocenters. The quantitative estimate of drug-likeness (QED) is 0.614. The first-order valence-electron chi connectivity index (χ1n) is 8.43. The van der Waals surface area contributed by atoms with Gasteiger partial charge in [-0.25, -0.2) is 4.79 Å². The number of hydrogen-bond donors (Lipinski definition) is 2. The summed E-state index contributed by atoms with van der Waals surface area (Å²) in [6.45, 7) is 1.71. The van der Waals surface area contributed by atoms with E-state index in [1.807, 2.05) is 0 Å². The lowest BCUT2D eigenvalue weighted by molar-refractivity contribution is -0.275. The van der Waals surface area contributed by atoms with Gasteiger partial charge in [0.1, 0.15) is 0 Å². The predicted octanol–water partition coefficient (Wildman–Crippen LogP) is 5.42. The fourth-order valence-electron chi connectivity index (χ4n) is 3.34. The molecule has 29 heavy (non-hydrogen) atoms. The molecule has 0 saturated heterocycles. The molecule has 0 aliphatic carbocycles. The van der Waals surface area contributed by atoms with Crippen molar-refractivity contribution in [2.24, 2.45) is 5.16 Å². The number of nitrogen functional groups attached to an aromatic ring is 1. The molecule has 0 spiro atoms. The molecule has 0 amide bonds. The number of carbonyl (C=O) groups is 1. The largest absolute Gasteiger partial charge is 0.478 e. The van der Waals surface area contributed by atoms with E-state index in [9.17, 15) is 23.1 Å². The van der Waals surface area contributed by atoms with Crippen LogP contribution in [0.3, 0.4) is 0 Å². The van der Waals surface area contributed by atoms with Crippen molar-refractivity contribution in [3.63, 3.8) is 0 Å². The number of nitrogens with two attached hydrogens (primary N) is 1. The molecule has 2 aromatic carbocycles. The number of rotatable bonds is 4. The van der Waals surface area contributed by atoms with Gasteiger partial charge in [-0.2, -0.15) is 13.2 Å². The van der Waals surface area contributed by atoms with Crippen molar-refractivity contribution in [3.05, 3.63) is 62.6 Å². The summed E-state index contributed by atoms with van der Waals surface area (Å²) in [5.41, 5.74) is 3.41. The molecule has 1 aliphatic heterocycles. The molecule has 0 saturated carbocycles. The maximum absolute atomic E-state index is 14.1. The third-order valence-corrected chi connectivity index (χ3v) is 5.20. The fraction of sp³-hybridized carbons (Fsp3) is 0.263. The van der Waals surface area contributed by atoms with Gasteiger partial charge in [-0.1, -0.05) is 41.3 Å². The smallest absolute Gasteiger partial charge is 0.435 e. The van der Waals surface area contributed by atoms with Crippen LogP contribution >= 0.6 is 23.2 Å². The Morgan fingerprint density at radius 3 is 2.41 bits per heavy atom. The van der Waals surface area contributed by atoms with Crippen LogP contribution in [0.2, 0.25) is 10.0 Å². The molecule has 0 aromatic heterocycles. The van der Waals surface area contributed by atoms with Crippen molar-refractivity contribution < 1.29 is 27.9 Å². The highest BCUT2D eigenvalue weighted by atomic mass is 35.5.